The van der Waals surface area contributed by atoms with Crippen molar-refractivity contribution in [2.45, 2.75) is 52.9 Å². The number of hydrogen-bond donors (Lipinski definition) is 0. The molecule has 0 amide bonds. The highest BCUT2D eigenvalue weighted by molar-refractivity contribution is 5.18. The lowest BCUT2D eigenvalue weighted by atomic mass is 9.86. The lowest BCUT2D eigenvalue weighted by Crippen LogP contribution is -2.06. The fraction of sp³-hybridized carbons (Fsp3) is 0.600. The average Bonchev–Trinajstić information content (AvgIpc) is 2.15. The Labute approximate surface area is 94.8 Å². The molecule has 0 heteroatoms. The average molecular weight is 204 g/mol. The highest BCUT2D eigenvalue weighted by atomic mass is 14.2. The third kappa shape index (κ3) is 5.01. The second-order valence-electron chi connectivity index (χ2n) is 5.42. The fourth-order valence-corrected chi connectivity index (χ4v) is 1.94. The number of allylic oxidation sites excluding steroid dienone is 5. The fourth-order valence-electron chi connectivity index (χ4n) is 1.94. The summed E-state index contributed by atoms with van der Waals surface area (Å²) in [6.45, 7) is 11.0. The van der Waals surface area contributed by atoms with Crippen LogP contribution >= 0.6 is 0 Å². The Morgan fingerprint density at radius 3 is 2.73 bits per heavy atom. The van der Waals surface area contributed by atoms with E-state index in [0.29, 0.717) is 5.41 Å². The number of hydrogen-bond acceptors (Lipinski definition) is 0. The first kappa shape index (κ1) is 12.3. The topological polar surface area (TPSA) is 0 Å². The van der Waals surface area contributed by atoms with Gasteiger partial charge in [-0.25, -0.2) is 0 Å². The van der Waals surface area contributed by atoms with E-state index in [1.54, 1.807) is 5.57 Å². The highest BCUT2D eigenvalue weighted by Crippen LogP contribution is 2.27. The van der Waals surface area contributed by atoms with Crippen molar-refractivity contribution in [2.75, 3.05) is 0 Å². The van der Waals surface area contributed by atoms with Crippen LogP contribution in [0, 0.1) is 5.41 Å². The highest BCUT2D eigenvalue weighted by Gasteiger charge is 2.13. The molecule has 1 rings (SSSR count). The molecule has 0 saturated carbocycles. The van der Waals surface area contributed by atoms with E-state index in [2.05, 4.69) is 45.6 Å². The Morgan fingerprint density at radius 2 is 2.00 bits per heavy atom. The third-order valence-electron chi connectivity index (χ3n) is 3.12. The van der Waals surface area contributed by atoms with Crippen molar-refractivity contribution in [2.24, 2.45) is 5.41 Å². The van der Waals surface area contributed by atoms with Crippen molar-refractivity contribution in [1.29, 1.82) is 0 Å². The first-order valence-corrected chi connectivity index (χ1v) is 6.02. The predicted octanol–water partition coefficient (Wildman–Crippen LogP) is 5.04. The summed E-state index contributed by atoms with van der Waals surface area (Å²) in [5.41, 5.74) is 3.13. The Bertz CT molecular complexity index is 276. The summed E-state index contributed by atoms with van der Waals surface area (Å²) in [6, 6.07) is 0. The Balaban J connectivity index is 2.71. The molecule has 0 spiro atoms. The predicted molar refractivity (Wildman–Crippen MR) is 68.9 cm³/mol. The zero-order valence-electron chi connectivity index (χ0n) is 10.5. The molecule has 0 saturated heterocycles. The minimum Gasteiger partial charge on any atom is -0.0958 e. The summed E-state index contributed by atoms with van der Waals surface area (Å²) in [6.07, 6.45) is 13.0. The molecule has 0 bridgehead atoms. The van der Waals surface area contributed by atoms with E-state index in [0.717, 1.165) is 12.8 Å². The lowest BCUT2D eigenvalue weighted by Gasteiger charge is -2.20. The van der Waals surface area contributed by atoms with E-state index in [-0.39, 0.29) is 0 Å². The third-order valence-corrected chi connectivity index (χ3v) is 3.12. The van der Waals surface area contributed by atoms with E-state index in [9.17, 15) is 0 Å². The molecule has 0 fully saturated rings. The molecule has 0 N–H and O–H groups in total. The van der Waals surface area contributed by atoms with Crippen LogP contribution in [0.15, 0.2) is 36.0 Å². The van der Waals surface area contributed by atoms with Crippen LogP contribution < -0.4 is 0 Å². The second kappa shape index (κ2) is 5.34. The zero-order chi connectivity index (χ0) is 11.3. The SMILES string of the molecule is C=C1/C=C/C(C)(C)CCC/C(C)=C\CC1. The van der Waals surface area contributed by atoms with Crippen LogP contribution in [0.3, 0.4) is 0 Å². The van der Waals surface area contributed by atoms with Gasteiger partial charge in [0.25, 0.3) is 0 Å². The van der Waals surface area contributed by atoms with Crippen LogP contribution in [0.4, 0.5) is 0 Å². The monoisotopic (exact) mass is 204 g/mol. The van der Waals surface area contributed by atoms with Crippen molar-refractivity contribution in [3.05, 3.63) is 36.0 Å². The van der Waals surface area contributed by atoms with E-state index in [1.165, 1.54) is 24.8 Å². The summed E-state index contributed by atoms with van der Waals surface area (Å²) in [4.78, 5) is 0. The second-order valence-corrected chi connectivity index (χ2v) is 5.42. The molecule has 1 aliphatic carbocycles. The van der Waals surface area contributed by atoms with Crippen LogP contribution in [0.1, 0.15) is 52.9 Å². The smallest absolute Gasteiger partial charge is 0.0172 e. The molecule has 84 valence electrons. The van der Waals surface area contributed by atoms with Crippen LogP contribution in [0.2, 0.25) is 0 Å². The van der Waals surface area contributed by atoms with Crippen molar-refractivity contribution in [3.8, 4) is 0 Å². The summed E-state index contributed by atoms with van der Waals surface area (Å²) in [5.74, 6) is 0. The van der Waals surface area contributed by atoms with Crippen molar-refractivity contribution >= 4 is 0 Å². The molecule has 0 aromatic rings. The van der Waals surface area contributed by atoms with Crippen LogP contribution in [0.5, 0.6) is 0 Å². The Kier molecular flexibility index (Phi) is 4.38. The minimum absolute atomic E-state index is 0.327. The molecule has 0 aliphatic heterocycles. The van der Waals surface area contributed by atoms with Gasteiger partial charge in [-0.3, -0.25) is 0 Å². The van der Waals surface area contributed by atoms with Gasteiger partial charge in [-0.1, -0.05) is 49.8 Å². The summed E-state index contributed by atoms with van der Waals surface area (Å²) >= 11 is 0. The van der Waals surface area contributed by atoms with Gasteiger partial charge in [0, 0.05) is 0 Å². The van der Waals surface area contributed by atoms with Gasteiger partial charge in [0.15, 0.2) is 0 Å². The summed E-state index contributed by atoms with van der Waals surface area (Å²) in [5, 5.41) is 0. The molecule has 0 aromatic heterocycles. The van der Waals surface area contributed by atoms with Gasteiger partial charge in [-0.15, -0.1) is 0 Å². The largest absolute Gasteiger partial charge is 0.0958 e. The molecule has 0 unspecified atom stereocenters. The van der Waals surface area contributed by atoms with Gasteiger partial charge in [-0.2, -0.15) is 0 Å². The molecule has 1 aliphatic rings. The van der Waals surface area contributed by atoms with Crippen molar-refractivity contribution < 1.29 is 0 Å². The van der Waals surface area contributed by atoms with Crippen LogP contribution in [0.25, 0.3) is 0 Å². The van der Waals surface area contributed by atoms with Gasteiger partial charge in [0.05, 0.1) is 0 Å². The molecular formula is C15H24. The molecule has 0 atom stereocenters. The summed E-state index contributed by atoms with van der Waals surface area (Å²) in [7, 11) is 0. The molecule has 0 heterocycles. The standard InChI is InChI=1S/C15H24/c1-13-7-5-8-14(2)10-12-15(3,4)11-6-9-13/h7,10,12H,2,5-6,8-9,11H2,1,3-4H3/b12-10+,13-7-. The lowest BCUT2D eigenvalue weighted by molar-refractivity contribution is 0.421. The number of rotatable bonds is 0. The maximum Gasteiger partial charge on any atom is -0.0172 e. The van der Waals surface area contributed by atoms with Crippen molar-refractivity contribution in [1.82, 2.24) is 0 Å². The Morgan fingerprint density at radius 1 is 1.27 bits per heavy atom. The summed E-state index contributed by atoms with van der Waals surface area (Å²) < 4.78 is 0. The molecule has 0 radical (unpaired) electrons. The van der Waals surface area contributed by atoms with E-state index < -0.39 is 0 Å². The minimum atomic E-state index is 0.327. The van der Waals surface area contributed by atoms with Crippen molar-refractivity contribution in [3.63, 3.8) is 0 Å². The quantitative estimate of drug-likeness (QED) is 0.485. The normalized spacial score (nSPS) is 28.7. The van der Waals surface area contributed by atoms with E-state index in [4.69, 9.17) is 0 Å². The first-order chi connectivity index (χ1) is 6.99. The van der Waals surface area contributed by atoms with Gasteiger partial charge in [0.2, 0.25) is 0 Å². The molecular weight excluding hydrogens is 180 g/mol. The molecule has 15 heavy (non-hydrogen) atoms. The van der Waals surface area contributed by atoms with Crippen LogP contribution in [-0.2, 0) is 0 Å². The van der Waals surface area contributed by atoms with Gasteiger partial charge in [-0.05, 0) is 44.4 Å². The molecule has 0 aromatic carbocycles. The maximum atomic E-state index is 4.09. The first-order valence-electron chi connectivity index (χ1n) is 6.02. The van der Waals surface area contributed by atoms with Gasteiger partial charge >= 0.3 is 0 Å². The van der Waals surface area contributed by atoms with Gasteiger partial charge in [0.1, 0.15) is 0 Å². The van der Waals surface area contributed by atoms with Gasteiger partial charge < -0.3 is 0 Å². The van der Waals surface area contributed by atoms with E-state index >= 15 is 0 Å². The van der Waals surface area contributed by atoms with E-state index in [1.807, 2.05) is 0 Å². The zero-order valence-corrected chi connectivity index (χ0v) is 10.5. The Hall–Kier alpha value is -0.780. The maximum absolute atomic E-state index is 4.09. The van der Waals surface area contributed by atoms with Crippen LogP contribution in [-0.4, -0.2) is 0 Å². The molecule has 0 nitrogen and oxygen atoms in total.